The lowest BCUT2D eigenvalue weighted by Gasteiger charge is -2.27. The number of nitrogens with zero attached hydrogens (tertiary/aromatic N) is 3. The molecule has 0 bridgehead atoms. The van der Waals surface area contributed by atoms with E-state index in [0.29, 0.717) is 19.6 Å². The molecule has 1 aliphatic carbocycles. The topological polar surface area (TPSA) is 86.5 Å². The molecule has 0 amide bonds. The maximum atomic E-state index is 11.3. The lowest BCUT2D eigenvalue weighted by atomic mass is 9.87. The van der Waals surface area contributed by atoms with Crippen molar-refractivity contribution in [3.8, 4) is 17.0 Å². The van der Waals surface area contributed by atoms with Gasteiger partial charge in [0.05, 0.1) is 30.9 Å². The number of aryl methyl sites for hydroxylation is 1. The Kier molecular flexibility index (Phi) is 6.62. The zero-order valence-corrected chi connectivity index (χ0v) is 17.6. The minimum Gasteiger partial charge on any atom is -0.490 e. The van der Waals surface area contributed by atoms with Crippen molar-refractivity contribution in [1.29, 1.82) is 0 Å². The number of hydrogen-bond donors (Lipinski definition) is 1. The summed E-state index contributed by atoms with van der Waals surface area (Å²) in [5.74, 6) is -0.296. The maximum absolute atomic E-state index is 11.3. The van der Waals surface area contributed by atoms with Crippen LogP contribution in [0.1, 0.15) is 36.9 Å². The van der Waals surface area contributed by atoms with E-state index in [9.17, 15) is 9.90 Å². The Labute approximate surface area is 181 Å². The summed E-state index contributed by atoms with van der Waals surface area (Å²) in [5.41, 5.74) is 3.74. The molecule has 162 valence electrons. The zero-order valence-electron chi connectivity index (χ0n) is 17.6. The van der Waals surface area contributed by atoms with Crippen LogP contribution in [0.4, 0.5) is 0 Å². The van der Waals surface area contributed by atoms with Crippen molar-refractivity contribution in [1.82, 2.24) is 15.0 Å². The summed E-state index contributed by atoms with van der Waals surface area (Å²) in [6.45, 7) is 0.932. The Morgan fingerprint density at radius 3 is 2.61 bits per heavy atom. The van der Waals surface area contributed by atoms with Crippen LogP contribution in [0.15, 0.2) is 54.6 Å². The molecule has 2 atom stereocenters. The molecule has 7 heteroatoms. The van der Waals surface area contributed by atoms with Crippen LogP contribution in [0.2, 0.25) is 0 Å². The van der Waals surface area contributed by atoms with E-state index in [-0.39, 0.29) is 12.0 Å². The van der Waals surface area contributed by atoms with Gasteiger partial charge < -0.3 is 14.6 Å². The van der Waals surface area contributed by atoms with Crippen LogP contribution < -0.4 is 4.74 Å². The van der Waals surface area contributed by atoms with Crippen LogP contribution in [0, 0.1) is 5.92 Å². The Morgan fingerprint density at radius 1 is 1.10 bits per heavy atom. The molecule has 3 aromatic rings. The smallest absolute Gasteiger partial charge is 0.306 e. The maximum Gasteiger partial charge on any atom is 0.306 e. The molecule has 0 spiro atoms. The van der Waals surface area contributed by atoms with Gasteiger partial charge in [0.15, 0.2) is 0 Å². The lowest BCUT2D eigenvalue weighted by Crippen LogP contribution is -2.29. The van der Waals surface area contributed by atoms with Gasteiger partial charge in [0.2, 0.25) is 0 Å². The lowest BCUT2D eigenvalue weighted by molar-refractivity contribution is -0.143. The third-order valence-electron chi connectivity index (χ3n) is 5.70. The number of aromatic nitrogens is 3. The summed E-state index contributed by atoms with van der Waals surface area (Å²) in [4.78, 5) is 11.3. The molecular formula is C24H27N3O4. The van der Waals surface area contributed by atoms with Gasteiger partial charge in [-0.1, -0.05) is 35.5 Å². The summed E-state index contributed by atoms with van der Waals surface area (Å²) < 4.78 is 13.7. The van der Waals surface area contributed by atoms with Crippen LogP contribution in [-0.2, 0) is 29.8 Å². The van der Waals surface area contributed by atoms with Crippen LogP contribution in [0.5, 0.6) is 5.75 Å². The fraction of sp³-hybridized carbons (Fsp3) is 0.375. The van der Waals surface area contributed by atoms with E-state index in [0.717, 1.165) is 47.5 Å². The summed E-state index contributed by atoms with van der Waals surface area (Å²) in [5, 5.41) is 17.7. The van der Waals surface area contributed by atoms with Gasteiger partial charge in [-0.15, -0.1) is 5.10 Å². The summed E-state index contributed by atoms with van der Waals surface area (Å²) >= 11 is 0. The van der Waals surface area contributed by atoms with Crippen molar-refractivity contribution in [2.24, 2.45) is 13.0 Å². The predicted molar refractivity (Wildman–Crippen MR) is 115 cm³/mol. The number of carbonyl (C=O) groups is 1. The minimum absolute atomic E-state index is 0.0563. The van der Waals surface area contributed by atoms with Crippen LogP contribution >= 0.6 is 0 Å². The second-order valence-corrected chi connectivity index (χ2v) is 7.95. The van der Waals surface area contributed by atoms with Gasteiger partial charge in [0.25, 0.3) is 0 Å². The second-order valence-electron chi connectivity index (χ2n) is 7.95. The molecule has 1 saturated carbocycles. The highest BCUT2D eigenvalue weighted by Gasteiger charge is 2.28. The van der Waals surface area contributed by atoms with E-state index in [1.165, 1.54) is 0 Å². The molecule has 0 aliphatic heterocycles. The van der Waals surface area contributed by atoms with Gasteiger partial charge in [0, 0.05) is 12.6 Å². The molecule has 2 aromatic carbocycles. The first-order valence-corrected chi connectivity index (χ1v) is 10.6. The molecule has 1 heterocycles. The third kappa shape index (κ3) is 5.30. The highest BCUT2D eigenvalue weighted by molar-refractivity contribution is 5.70. The van der Waals surface area contributed by atoms with Crippen molar-refractivity contribution in [3.05, 3.63) is 65.9 Å². The van der Waals surface area contributed by atoms with E-state index in [4.69, 9.17) is 9.47 Å². The second kappa shape index (κ2) is 9.75. The van der Waals surface area contributed by atoms with Crippen molar-refractivity contribution in [2.75, 3.05) is 0 Å². The summed E-state index contributed by atoms with van der Waals surface area (Å²) in [6, 6.07) is 17.8. The SMILES string of the molecule is Cn1nnc(-c2ccc(O[C@H]3CCC[C@H](C(=O)O)C3)cc2)c1COCc1ccccc1. The van der Waals surface area contributed by atoms with E-state index in [1.807, 2.05) is 61.6 Å². The first kappa shape index (κ1) is 21.1. The van der Waals surface area contributed by atoms with E-state index < -0.39 is 5.97 Å². The zero-order chi connectivity index (χ0) is 21.6. The molecule has 1 aliphatic rings. The number of rotatable bonds is 8. The van der Waals surface area contributed by atoms with Gasteiger partial charge in [-0.2, -0.15) is 0 Å². The number of aliphatic carboxylic acids is 1. The molecular weight excluding hydrogens is 394 g/mol. The largest absolute Gasteiger partial charge is 0.490 e. The highest BCUT2D eigenvalue weighted by Crippen LogP contribution is 2.29. The quantitative estimate of drug-likeness (QED) is 0.586. The number of hydrogen-bond acceptors (Lipinski definition) is 5. The first-order chi connectivity index (χ1) is 15.1. The molecule has 31 heavy (non-hydrogen) atoms. The Bertz CT molecular complexity index is 1000. The molecule has 1 fully saturated rings. The number of ether oxygens (including phenoxy) is 2. The van der Waals surface area contributed by atoms with Crippen LogP contribution in [0.25, 0.3) is 11.3 Å². The molecule has 0 radical (unpaired) electrons. The van der Waals surface area contributed by atoms with Gasteiger partial charge in [-0.25, -0.2) is 4.68 Å². The normalized spacial score (nSPS) is 18.6. The minimum atomic E-state index is -0.728. The average molecular weight is 421 g/mol. The third-order valence-corrected chi connectivity index (χ3v) is 5.70. The summed E-state index contributed by atoms with van der Waals surface area (Å²) in [7, 11) is 1.86. The number of carboxylic acids is 1. The van der Waals surface area contributed by atoms with Crippen molar-refractivity contribution < 1.29 is 19.4 Å². The van der Waals surface area contributed by atoms with E-state index >= 15 is 0 Å². The van der Waals surface area contributed by atoms with Crippen LogP contribution in [0.3, 0.4) is 0 Å². The molecule has 0 unspecified atom stereocenters. The molecule has 7 nitrogen and oxygen atoms in total. The number of benzene rings is 2. The Morgan fingerprint density at radius 2 is 1.87 bits per heavy atom. The van der Waals surface area contributed by atoms with Gasteiger partial charge >= 0.3 is 5.97 Å². The van der Waals surface area contributed by atoms with Crippen molar-refractivity contribution in [2.45, 2.75) is 45.0 Å². The molecule has 1 aromatic heterocycles. The standard InChI is InChI=1S/C24H27N3O4/c1-27-22(16-30-15-17-6-3-2-4-7-17)23(25-26-27)18-10-12-20(13-11-18)31-21-9-5-8-19(14-21)24(28)29/h2-4,6-7,10-13,19,21H,5,8-9,14-16H2,1H3,(H,28,29)/t19-,21-/m0/s1. The molecule has 0 saturated heterocycles. The fourth-order valence-electron chi connectivity index (χ4n) is 3.96. The Hall–Kier alpha value is -3.19. The fourth-order valence-corrected chi connectivity index (χ4v) is 3.96. The first-order valence-electron chi connectivity index (χ1n) is 10.6. The van der Waals surface area contributed by atoms with Crippen molar-refractivity contribution >= 4 is 5.97 Å². The van der Waals surface area contributed by atoms with Crippen LogP contribution in [-0.4, -0.2) is 32.2 Å². The molecule has 1 N–H and O–H groups in total. The van der Waals surface area contributed by atoms with Gasteiger partial charge in [-0.3, -0.25) is 4.79 Å². The predicted octanol–water partition coefficient (Wildman–Crippen LogP) is 4.22. The average Bonchev–Trinajstić information content (AvgIpc) is 3.15. The van der Waals surface area contributed by atoms with Crippen molar-refractivity contribution in [3.63, 3.8) is 0 Å². The van der Waals surface area contributed by atoms with Gasteiger partial charge in [0.1, 0.15) is 11.4 Å². The highest BCUT2D eigenvalue weighted by atomic mass is 16.5. The monoisotopic (exact) mass is 421 g/mol. The number of carboxylic acid groups (broad SMARTS) is 1. The van der Waals surface area contributed by atoms with E-state index in [2.05, 4.69) is 10.3 Å². The van der Waals surface area contributed by atoms with E-state index in [1.54, 1.807) is 4.68 Å². The molecule has 4 rings (SSSR count). The summed E-state index contributed by atoms with van der Waals surface area (Å²) in [6.07, 6.45) is 3.00. The Balaban J connectivity index is 1.39. The van der Waals surface area contributed by atoms with Gasteiger partial charge in [-0.05, 0) is 55.5 Å².